The molecule has 2 aromatic carbocycles. The van der Waals surface area contributed by atoms with E-state index in [1.165, 1.54) is 27.8 Å². The van der Waals surface area contributed by atoms with E-state index in [0.717, 1.165) is 0 Å². The maximum atomic E-state index is 2.20. The van der Waals surface area contributed by atoms with Gasteiger partial charge in [0, 0.05) is 53.4 Å². The van der Waals surface area contributed by atoms with Crippen molar-refractivity contribution in [3.8, 4) is 0 Å². The van der Waals surface area contributed by atoms with E-state index in [1.54, 1.807) is 0 Å². The molecule has 0 radical (unpaired) electrons. The van der Waals surface area contributed by atoms with Crippen molar-refractivity contribution in [2.24, 2.45) is 0 Å². The first-order valence-corrected chi connectivity index (χ1v) is 6.51. The predicted octanol–water partition coefficient (Wildman–Crippen LogP) is 3.04. The van der Waals surface area contributed by atoms with E-state index in [-0.39, 0.29) is 0 Å². The molecule has 0 saturated heterocycles. The van der Waals surface area contributed by atoms with E-state index < -0.39 is 0 Å². The summed E-state index contributed by atoms with van der Waals surface area (Å²) in [4.78, 5) is 6.54. The van der Waals surface area contributed by atoms with Gasteiger partial charge in [-0.3, -0.25) is 0 Å². The van der Waals surface area contributed by atoms with Crippen LogP contribution in [0.15, 0.2) is 30.3 Å². The summed E-state index contributed by atoms with van der Waals surface area (Å²) in [5.74, 6) is 0. The van der Waals surface area contributed by atoms with Gasteiger partial charge in [0.15, 0.2) is 0 Å². The zero-order valence-electron chi connectivity index (χ0n) is 12.7. The van der Waals surface area contributed by atoms with Crippen LogP contribution >= 0.6 is 0 Å². The second-order valence-corrected chi connectivity index (χ2v) is 5.49. The molecule has 102 valence electrons. The van der Waals surface area contributed by atoms with Crippen LogP contribution in [0.1, 0.15) is 0 Å². The first kappa shape index (κ1) is 13.5. The van der Waals surface area contributed by atoms with Crippen LogP contribution in [0.4, 0.5) is 17.1 Å². The van der Waals surface area contributed by atoms with Gasteiger partial charge >= 0.3 is 0 Å². The van der Waals surface area contributed by atoms with Crippen molar-refractivity contribution in [2.45, 2.75) is 0 Å². The highest BCUT2D eigenvalue weighted by atomic mass is 15.1. The molecule has 0 saturated carbocycles. The molecule has 0 atom stereocenters. The quantitative estimate of drug-likeness (QED) is 0.837. The molecule has 0 N–H and O–H groups in total. The van der Waals surface area contributed by atoms with E-state index in [4.69, 9.17) is 0 Å². The highest BCUT2D eigenvalue weighted by Gasteiger charge is 2.15. The number of hydrogen-bond donors (Lipinski definition) is 0. The van der Waals surface area contributed by atoms with Crippen LogP contribution in [0.3, 0.4) is 0 Å². The Hall–Kier alpha value is -1.90. The van der Waals surface area contributed by atoms with E-state index in [1.807, 2.05) is 0 Å². The van der Waals surface area contributed by atoms with Crippen molar-refractivity contribution < 1.29 is 0 Å². The Morgan fingerprint density at radius 3 is 1.79 bits per heavy atom. The van der Waals surface area contributed by atoms with Crippen molar-refractivity contribution in [3.63, 3.8) is 0 Å². The molecule has 0 fully saturated rings. The zero-order chi connectivity index (χ0) is 14.2. The van der Waals surface area contributed by atoms with Crippen LogP contribution in [0, 0.1) is 0 Å². The SMILES string of the molecule is CN(C)c1ccc2cccc(N(C)C)c2c1N(C)C. The van der Waals surface area contributed by atoms with Gasteiger partial charge in [0.2, 0.25) is 0 Å². The van der Waals surface area contributed by atoms with Crippen LogP contribution in [-0.2, 0) is 0 Å². The van der Waals surface area contributed by atoms with Gasteiger partial charge < -0.3 is 14.7 Å². The number of fused-ring (bicyclic) bond motifs is 1. The largest absolute Gasteiger partial charge is 0.377 e. The summed E-state index contributed by atoms with van der Waals surface area (Å²) in [5.41, 5.74) is 3.77. The molecule has 0 aliphatic carbocycles. The van der Waals surface area contributed by atoms with Crippen molar-refractivity contribution in [2.75, 3.05) is 57.0 Å². The minimum atomic E-state index is 1.24. The number of nitrogens with zero attached hydrogens (tertiary/aromatic N) is 3. The maximum absolute atomic E-state index is 2.20. The molecule has 3 nitrogen and oxygen atoms in total. The van der Waals surface area contributed by atoms with Gasteiger partial charge in [-0.2, -0.15) is 0 Å². The Balaban J connectivity index is 2.90. The van der Waals surface area contributed by atoms with E-state index in [2.05, 4.69) is 87.3 Å². The summed E-state index contributed by atoms with van der Waals surface area (Å²) in [7, 11) is 12.6. The number of rotatable bonds is 3. The fraction of sp³-hybridized carbons (Fsp3) is 0.375. The Bertz CT molecular complexity index is 586. The molecule has 0 spiro atoms. The molecule has 0 aliphatic rings. The van der Waals surface area contributed by atoms with Crippen LogP contribution in [0.2, 0.25) is 0 Å². The van der Waals surface area contributed by atoms with Crippen molar-refractivity contribution >= 4 is 27.8 Å². The third kappa shape index (κ3) is 2.33. The van der Waals surface area contributed by atoms with Gasteiger partial charge in [0.25, 0.3) is 0 Å². The summed E-state index contributed by atoms with van der Waals surface area (Å²) < 4.78 is 0. The molecule has 3 heteroatoms. The molecule has 2 aromatic rings. The highest BCUT2D eigenvalue weighted by molar-refractivity contribution is 6.08. The Labute approximate surface area is 116 Å². The summed E-state index contributed by atoms with van der Waals surface area (Å²) in [5, 5.41) is 2.59. The first-order chi connectivity index (χ1) is 8.93. The van der Waals surface area contributed by atoms with Crippen molar-refractivity contribution in [3.05, 3.63) is 30.3 Å². The average molecular weight is 257 g/mol. The van der Waals surface area contributed by atoms with Gasteiger partial charge in [0.1, 0.15) is 0 Å². The van der Waals surface area contributed by atoms with Crippen LogP contribution in [0.5, 0.6) is 0 Å². The van der Waals surface area contributed by atoms with Crippen LogP contribution in [-0.4, -0.2) is 42.3 Å². The highest BCUT2D eigenvalue weighted by Crippen LogP contribution is 2.39. The lowest BCUT2D eigenvalue weighted by atomic mass is 10.0. The molecular weight excluding hydrogens is 234 g/mol. The fourth-order valence-corrected chi connectivity index (χ4v) is 2.52. The average Bonchev–Trinajstić information content (AvgIpc) is 2.35. The zero-order valence-corrected chi connectivity index (χ0v) is 12.7. The molecule has 0 aliphatic heterocycles. The van der Waals surface area contributed by atoms with E-state index in [9.17, 15) is 0 Å². The molecular formula is C16H23N3. The standard InChI is InChI=1S/C16H23N3/c1-17(2)13-9-7-8-12-10-11-14(18(3)4)16(15(12)13)19(5)6/h7-11H,1-6H3. The van der Waals surface area contributed by atoms with Crippen LogP contribution in [0.25, 0.3) is 10.8 Å². The van der Waals surface area contributed by atoms with Gasteiger partial charge in [-0.05, 0) is 17.5 Å². The number of anilines is 3. The van der Waals surface area contributed by atoms with Crippen LogP contribution < -0.4 is 14.7 Å². The summed E-state index contributed by atoms with van der Waals surface area (Å²) in [6.07, 6.45) is 0. The fourth-order valence-electron chi connectivity index (χ4n) is 2.52. The van der Waals surface area contributed by atoms with E-state index >= 15 is 0 Å². The monoisotopic (exact) mass is 257 g/mol. The Morgan fingerprint density at radius 2 is 1.26 bits per heavy atom. The van der Waals surface area contributed by atoms with Gasteiger partial charge in [0.05, 0.1) is 11.4 Å². The first-order valence-electron chi connectivity index (χ1n) is 6.51. The summed E-state index contributed by atoms with van der Waals surface area (Å²) in [6, 6.07) is 10.9. The van der Waals surface area contributed by atoms with E-state index in [0.29, 0.717) is 0 Å². The van der Waals surface area contributed by atoms with Gasteiger partial charge in [-0.25, -0.2) is 0 Å². The van der Waals surface area contributed by atoms with Gasteiger partial charge in [-0.15, -0.1) is 0 Å². The minimum Gasteiger partial charge on any atom is -0.377 e. The lowest BCUT2D eigenvalue weighted by molar-refractivity contribution is 1.08. The smallest absolute Gasteiger partial charge is 0.0699 e. The second-order valence-electron chi connectivity index (χ2n) is 5.49. The number of benzene rings is 2. The number of hydrogen-bond acceptors (Lipinski definition) is 3. The normalized spacial score (nSPS) is 10.6. The molecule has 0 bridgehead atoms. The molecule has 0 aromatic heterocycles. The second kappa shape index (κ2) is 5.00. The maximum Gasteiger partial charge on any atom is 0.0699 e. The lowest BCUT2D eigenvalue weighted by Crippen LogP contribution is -2.18. The summed E-state index contributed by atoms with van der Waals surface area (Å²) >= 11 is 0. The molecule has 19 heavy (non-hydrogen) atoms. The van der Waals surface area contributed by atoms with Gasteiger partial charge in [-0.1, -0.05) is 18.2 Å². The molecule has 2 rings (SSSR count). The predicted molar refractivity (Wildman–Crippen MR) is 86.9 cm³/mol. The molecule has 0 unspecified atom stereocenters. The summed E-state index contributed by atoms with van der Waals surface area (Å²) in [6.45, 7) is 0. The molecule has 0 amide bonds. The van der Waals surface area contributed by atoms with Crippen molar-refractivity contribution in [1.29, 1.82) is 0 Å². The molecule has 0 heterocycles. The Morgan fingerprint density at radius 1 is 0.632 bits per heavy atom. The minimum absolute atomic E-state index is 1.24. The third-order valence-electron chi connectivity index (χ3n) is 3.39. The topological polar surface area (TPSA) is 9.72 Å². The Kier molecular flexibility index (Phi) is 3.56. The van der Waals surface area contributed by atoms with Crippen molar-refractivity contribution in [1.82, 2.24) is 0 Å². The lowest BCUT2D eigenvalue weighted by Gasteiger charge is -2.27. The third-order valence-corrected chi connectivity index (χ3v) is 3.39.